The molecule has 1 heterocycles. The number of alkyl carbamates (subject to hydrolysis) is 1. The normalized spacial score (nSPS) is 14.5. The summed E-state index contributed by atoms with van der Waals surface area (Å²) in [6, 6.07) is 9.24. The van der Waals surface area contributed by atoms with E-state index in [0.717, 1.165) is 5.56 Å². The van der Waals surface area contributed by atoms with Crippen LogP contribution >= 0.6 is 11.6 Å². The number of hydrogen-bond acceptors (Lipinski definition) is 4. The van der Waals surface area contributed by atoms with Gasteiger partial charge in [0, 0.05) is 32.2 Å². The molecule has 1 fully saturated rings. The van der Waals surface area contributed by atoms with Gasteiger partial charge < -0.3 is 25.0 Å². The Morgan fingerprint density at radius 1 is 1.22 bits per heavy atom. The lowest BCUT2D eigenvalue weighted by Crippen LogP contribution is -2.50. The zero-order valence-electron chi connectivity index (χ0n) is 15.0. The van der Waals surface area contributed by atoms with Gasteiger partial charge in [-0.25, -0.2) is 9.59 Å². The van der Waals surface area contributed by atoms with Crippen molar-refractivity contribution in [2.24, 2.45) is 0 Å². The number of likely N-dealkylation sites (tertiary alicyclic amines) is 1. The SMILES string of the molecule is O=C(NCCN(C(=O)CCl)C1CCN(C(=O)O)CC1)OCc1ccccc1. The largest absolute Gasteiger partial charge is 0.465 e. The van der Waals surface area contributed by atoms with Crippen molar-refractivity contribution < 1.29 is 24.2 Å². The van der Waals surface area contributed by atoms with Crippen LogP contribution in [0.3, 0.4) is 0 Å². The maximum atomic E-state index is 12.1. The highest BCUT2D eigenvalue weighted by Gasteiger charge is 2.29. The van der Waals surface area contributed by atoms with Gasteiger partial charge >= 0.3 is 12.2 Å². The molecule has 8 nitrogen and oxygen atoms in total. The van der Waals surface area contributed by atoms with Crippen LogP contribution in [0.5, 0.6) is 0 Å². The topological polar surface area (TPSA) is 99.2 Å². The van der Waals surface area contributed by atoms with E-state index in [0.29, 0.717) is 32.5 Å². The molecule has 0 radical (unpaired) electrons. The molecule has 1 saturated heterocycles. The van der Waals surface area contributed by atoms with Crippen LogP contribution in [-0.4, -0.2) is 71.1 Å². The molecule has 1 aromatic rings. The van der Waals surface area contributed by atoms with E-state index in [4.69, 9.17) is 21.4 Å². The van der Waals surface area contributed by atoms with Gasteiger partial charge in [0.1, 0.15) is 12.5 Å². The molecule has 2 N–H and O–H groups in total. The molecular formula is C18H24ClN3O5. The molecule has 1 aliphatic heterocycles. The van der Waals surface area contributed by atoms with Gasteiger partial charge in [0.2, 0.25) is 5.91 Å². The summed E-state index contributed by atoms with van der Waals surface area (Å²) in [4.78, 5) is 37.9. The summed E-state index contributed by atoms with van der Waals surface area (Å²) < 4.78 is 5.13. The summed E-state index contributed by atoms with van der Waals surface area (Å²) in [7, 11) is 0. The minimum Gasteiger partial charge on any atom is -0.465 e. The van der Waals surface area contributed by atoms with Crippen LogP contribution in [0, 0.1) is 0 Å². The van der Waals surface area contributed by atoms with E-state index in [2.05, 4.69) is 5.32 Å². The molecule has 0 aromatic heterocycles. The summed E-state index contributed by atoms with van der Waals surface area (Å²) in [5.41, 5.74) is 0.886. The first-order valence-electron chi connectivity index (χ1n) is 8.79. The van der Waals surface area contributed by atoms with Gasteiger partial charge in [-0.2, -0.15) is 0 Å². The monoisotopic (exact) mass is 397 g/mol. The van der Waals surface area contributed by atoms with Crippen molar-refractivity contribution >= 4 is 29.7 Å². The number of amides is 3. The first-order valence-corrected chi connectivity index (χ1v) is 9.32. The van der Waals surface area contributed by atoms with Crippen LogP contribution in [0.2, 0.25) is 0 Å². The van der Waals surface area contributed by atoms with Gasteiger partial charge in [0.15, 0.2) is 0 Å². The first-order chi connectivity index (χ1) is 13.0. The van der Waals surface area contributed by atoms with Gasteiger partial charge in [-0.3, -0.25) is 4.79 Å². The number of piperidine rings is 1. The third-order valence-electron chi connectivity index (χ3n) is 4.45. The van der Waals surface area contributed by atoms with Gasteiger partial charge in [0.05, 0.1) is 0 Å². The number of hydrogen-bond donors (Lipinski definition) is 2. The number of halogens is 1. The highest BCUT2D eigenvalue weighted by atomic mass is 35.5. The number of alkyl halides is 1. The Kier molecular flexibility index (Phi) is 8.19. The Hall–Kier alpha value is -2.48. The highest BCUT2D eigenvalue weighted by molar-refractivity contribution is 6.27. The fraction of sp³-hybridized carbons (Fsp3) is 0.500. The van der Waals surface area contributed by atoms with Gasteiger partial charge in [-0.05, 0) is 18.4 Å². The van der Waals surface area contributed by atoms with Crippen LogP contribution in [-0.2, 0) is 16.1 Å². The molecule has 1 aromatic carbocycles. The number of carboxylic acid groups (broad SMARTS) is 1. The quantitative estimate of drug-likeness (QED) is 0.686. The van der Waals surface area contributed by atoms with E-state index in [1.165, 1.54) is 4.90 Å². The molecule has 27 heavy (non-hydrogen) atoms. The zero-order chi connectivity index (χ0) is 19.6. The van der Waals surface area contributed by atoms with Crippen LogP contribution in [0.15, 0.2) is 30.3 Å². The third kappa shape index (κ3) is 6.63. The molecule has 3 amide bonds. The molecular weight excluding hydrogens is 374 g/mol. The number of ether oxygens (including phenoxy) is 1. The summed E-state index contributed by atoms with van der Waals surface area (Å²) >= 11 is 5.70. The second-order valence-electron chi connectivity index (χ2n) is 6.21. The molecule has 0 aliphatic carbocycles. The Labute approximate surface area is 163 Å². The summed E-state index contributed by atoms with van der Waals surface area (Å²) in [6.45, 7) is 1.45. The fourth-order valence-corrected chi connectivity index (χ4v) is 3.16. The molecule has 0 spiro atoms. The van der Waals surface area contributed by atoms with E-state index in [9.17, 15) is 14.4 Å². The molecule has 148 valence electrons. The van der Waals surface area contributed by atoms with Crippen molar-refractivity contribution in [3.63, 3.8) is 0 Å². The van der Waals surface area contributed by atoms with Gasteiger partial charge in [0.25, 0.3) is 0 Å². The standard InChI is InChI=1S/C18H24ClN3O5/c19-12-16(23)22(15-6-9-21(10-7-15)18(25)26)11-8-20-17(24)27-13-14-4-2-1-3-5-14/h1-5,15H,6-13H2,(H,20,24)(H,25,26). The van der Waals surface area contributed by atoms with E-state index in [1.54, 1.807) is 4.90 Å². The Balaban J connectivity index is 1.76. The Bertz CT molecular complexity index is 635. The minimum absolute atomic E-state index is 0.0889. The lowest BCUT2D eigenvalue weighted by Gasteiger charge is -2.37. The highest BCUT2D eigenvalue weighted by Crippen LogP contribution is 2.17. The van der Waals surface area contributed by atoms with E-state index in [1.807, 2.05) is 30.3 Å². The number of nitrogens with one attached hydrogen (secondary N) is 1. The lowest BCUT2D eigenvalue weighted by atomic mass is 10.0. The fourth-order valence-electron chi connectivity index (χ4n) is 3.01. The minimum atomic E-state index is -0.952. The average molecular weight is 398 g/mol. The van der Waals surface area contributed by atoms with Crippen LogP contribution in [0.4, 0.5) is 9.59 Å². The average Bonchev–Trinajstić information content (AvgIpc) is 2.70. The van der Waals surface area contributed by atoms with E-state index >= 15 is 0 Å². The van der Waals surface area contributed by atoms with Crippen molar-refractivity contribution in [1.82, 2.24) is 15.1 Å². The van der Waals surface area contributed by atoms with Gasteiger partial charge in [-0.1, -0.05) is 30.3 Å². The molecule has 9 heteroatoms. The summed E-state index contributed by atoms with van der Waals surface area (Å²) in [5.74, 6) is -0.387. The number of nitrogens with zero attached hydrogens (tertiary/aromatic N) is 2. The summed E-state index contributed by atoms with van der Waals surface area (Å²) in [5, 5.41) is 11.6. The second kappa shape index (κ2) is 10.6. The zero-order valence-corrected chi connectivity index (χ0v) is 15.7. The molecule has 0 unspecified atom stereocenters. The predicted octanol–water partition coefficient (Wildman–Crippen LogP) is 2.12. The summed E-state index contributed by atoms with van der Waals surface area (Å²) in [6.07, 6.45) is -0.412. The van der Waals surface area contributed by atoms with Crippen molar-refractivity contribution in [2.45, 2.75) is 25.5 Å². The number of carbonyl (C=O) groups excluding carboxylic acids is 2. The van der Waals surface area contributed by atoms with E-state index < -0.39 is 12.2 Å². The van der Waals surface area contributed by atoms with Crippen molar-refractivity contribution in [3.8, 4) is 0 Å². The molecule has 0 atom stereocenters. The second-order valence-corrected chi connectivity index (χ2v) is 6.48. The number of rotatable bonds is 7. The van der Waals surface area contributed by atoms with Crippen LogP contribution < -0.4 is 5.32 Å². The Morgan fingerprint density at radius 2 is 1.89 bits per heavy atom. The van der Waals surface area contributed by atoms with Crippen LogP contribution in [0.25, 0.3) is 0 Å². The lowest BCUT2D eigenvalue weighted by molar-refractivity contribution is -0.131. The van der Waals surface area contributed by atoms with Crippen LogP contribution in [0.1, 0.15) is 18.4 Å². The molecule has 0 bridgehead atoms. The molecule has 2 rings (SSSR count). The number of carbonyl (C=O) groups is 3. The maximum Gasteiger partial charge on any atom is 0.407 e. The van der Waals surface area contributed by atoms with Crippen molar-refractivity contribution in [2.75, 3.05) is 32.1 Å². The smallest absolute Gasteiger partial charge is 0.407 e. The van der Waals surface area contributed by atoms with Crippen molar-refractivity contribution in [3.05, 3.63) is 35.9 Å². The molecule has 1 aliphatic rings. The maximum absolute atomic E-state index is 12.1. The predicted molar refractivity (Wildman–Crippen MR) is 99.7 cm³/mol. The Morgan fingerprint density at radius 3 is 2.48 bits per heavy atom. The first kappa shape index (κ1) is 20.8. The number of benzene rings is 1. The van der Waals surface area contributed by atoms with Crippen molar-refractivity contribution in [1.29, 1.82) is 0 Å². The molecule has 0 saturated carbocycles. The van der Waals surface area contributed by atoms with Gasteiger partial charge in [-0.15, -0.1) is 11.6 Å². The van der Waals surface area contributed by atoms with E-state index in [-0.39, 0.29) is 31.0 Å². The third-order valence-corrected chi connectivity index (χ3v) is 4.67.